The number of imide groups is 1. The van der Waals surface area contributed by atoms with Crippen molar-refractivity contribution in [2.45, 2.75) is 50.6 Å². The van der Waals surface area contributed by atoms with E-state index in [-0.39, 0.29) is 17.7 Å². The second-order valence-corrected chi connectivity index (χ2v) is 7.91. The molecule has 5 rings (SSSR count). The number of fused-ring (bicyclic) bond motifs is 1. The van der Waals surface area contributed by atoms with E-state index in [0.29, 0.717) is 29.1 Å². The summed E-state index contributed by atoms with van der Waals surface area (Å²) in [5, 5.41) is 24.9. The Hall–Kier alpha value is -3.68. The van der Waals surface area contributed by atoms with Crippen LogP contribution in [0, 0.1) is 17.2 Å². The Morgan fingerprint density at radius 2 is 1.80 bits per heavy atom. The predicted octanol–water partition coefficient (Wildman–Crippen LogP) is 1.37. The normalized spacial score (nSPS) is 25.1. The summed E-state index contributed by atoms with van der Waals surface area (Å²) in [5.74, 6) is 0.697. The first-order chi connectivity index (χ1) is 14.6. The Morgan fingerprint density at radius 3 is 2.47 bits per heavy atom. The number of carbonyl (C=O) groups is 2. The van der Waals surface area contributed by atoms with Gasteiger partial charge in [-0.25, -0.2) is 4.79 Å². The van der Waals surface area contributed by atoms with Crippen LogP contribution in [-0.4, -0.2) is 43.6 Å². The number of rotatable bonds is 5. The number of aromatic nitrogens is 4. The van der Waals surface area contributed by atoms with Gasteiger partial charge in [0, 0.05) is 23.6 Å². The zero-order chi connectivity index (χ0) is 20.7. The van der Waals surface area contributed by atoms with E-state index in [1.54, 1.807) is 16.8 Å². The second-order valence-electron chi connectivity index (χ2n) is 7.91. The van der Waals surface area contributed by atoms with Gasteiger partial charge in [0.2, 0.25) is 11.9 Å². The quantitative estimate of drug-likeness (QED) is 0.429. The Bertz CT molecular complexity index is 1090. The molecule has 30 heavy (non-hydrogen) atoms. The molecule has 1 aliphatic heterocycles. The smallest absolute Gasteiger partial charge is 0.326 e. The highest BCUT2D eigenvalue weighted by Gasteiger charge is 2.27. The van der Waals surface area contributed by atoms with E-state index in [9.17, 15) is 9.59 Å². The standard InChI is InChI=1S/C19H21N9O2/c20-8-10-1-3-12(4-2-10)22-17-25-15-11(7-14-16(29)26-19(30)24-14)9-21-28(15)18(27-17)23-13-5-6-13/h7,9-10,12-13H,1-6H2,(H2,22,23,25,27)(H2,24,26,29,30)/b14-7-/t10-,12-. The van der Waals surface area contributed by atoms with Gasteiger partial charge in [-0.1, -0.05) is 0 Å². The molecule has 0 spiro atoms. The molecule has 4 N–H and O–H groups in total. The predicted molar refractivity (Wildman–Crippen MR) is 107 cm³/mol. The van der Waals surface area contributed by atoms with Gasteiger partial charge in [0.05, 0.1) is 12.3 Å². The number of hydrogen-bond acceptors (Lipinski definition) is 8. The van der Waals surface area contributed by atoms with Crippen molar-refractivity contribution in [2.75, 3.05) is 10.6 Å². The molecule has 3 heterocycles. The molecule has 11 heteroatoms. The average Bonchev–Trinajstić information content (AvgIpc) is 3.37. The van der Waals surface area contributed by atoms with Gasteiger partial charge >= 0.3 is 6.03 Å². The first-order valence-electron chi connectivity index (χ1n) is 10.1. The minimum Gasteiger partial charge on any atom is -0.351 e. The van der Waals surface area contributed by atoms with Gasteiger partial charge in [0.25, 0.3) is 5.91 Å². The van der Waals surface area contributed by atoms with Gasteiger partial charge in [0.1, 0.15) is 5.70 Å². The third-order valence-corrected chi connectivity index (χ3v) is 5.57. The molecule has 1 saturated heterocycles. The average molecular weight is 407 g/mol. The van der Waals surface area contributed by atoms with Crippen molar-refractivity contribution in [3.05, 3.63) is 17.5 Å². The molecule has 3 amide bonds. The largest absolute Gasteiger partial charge is 0.351 e. The van der Waals surface area contributed by atoms with E-state index in [2.05, 4.69) is 42.4 Å². The van der Waals surface area contributed by atoms with Crippen LogP contribution in [0.4, 0.5) is 16.7 Å². The number of nitrogens with zero attached hydrogens (tertiary/aromatic N) is 5. The molecule has 2 aromatic rings. The molecular formula is C19H21N9O2. The van der Waals surface area contributed by atoms with Crippen molar-refractivity contribution in [1.29, 1.82) is 5.26 Å². The molecule has 0 bridgehead atoms. The lowest BCUT2D eigenvalue weighted by atomic mass is 9.87. The molecule has 0 unspecified atom stereocenters. The van der Waals surface area contributed by atoms with Crippen molar-refractivity contribution < 1.29 is 9.59 Å². The molecular weight excluding hydrogens is 386 g/mol. The highest BCUT2D eigenvalue weighted by atomic mass is 16.2. The summed E-state index contributed by atoms with van der Waals surface area (Å²) in [6, 6.07) is 2.37. The number of carbonyl (C=O) groups excluding carboxylic acids is 2. The monoisotopic (exact) mass is 407 g/mol. The molecule has 0 aromatic carbocycles. The summed E-state index contributed by atoms with van der Waals surface area (Å²) in [6.07, 6.45) is 8.81. The Balaban J connectivity index is 1.47. The van der Waals surface area contributed by atoms with Crippen molar-refractivity contribution in [3.8, 4) is 6.07 Å². The van der Waals surface area contributed by atoms with Crippen LogP contribution < -0.4 is 21.3 Å². The molecule has 2 aromatic heterocycles. The molecule has 154 valence electrons. The molecule has 0 atom stereocenters. The number of urea groups is 1. The Kier molecular flexibility index (Phi) is 4.46. The van der Waals surface area contributed by atoms with E-state index in [1.807, 2.05) is 0 Å². The molecule has 3 fully saturated rings. The van der Waals surface area contributed by atoms with Crippen LogP contribution in [0.2, 0.25) is 0 Å². The fraction of sp³-hybridized carbons (Fsp3) is 0.474. The highest BCUT2D eigenvalue weighted by molar-refractivity contribution is 6.14. The Morgan fingerprint density at radius 1 is 1.07 bits per heavy atom. The number of amides is 3. The lowest BCUT2D eigenvalue weighted by Gasteiger charge is -2.25. The first-order valence-corrected chi connectivity index (χ1v) is 10.1. The van der Waals surface area contributed by atoms with Gasteiger partial charge < -0.3 is 16.0 Å². The minimum absolute atomic E-state index is 0.124. The molecule has 0 radical (unpaired) electrons. The lowest BCUT2D eigenvalue weighted by molar-refractivity contribution is -0.115. The molecule has 2 aliphatic carbocycles. The number of nitriles is 1. The van der Waals surface area contributed by atoms with E-state index < -0.39 is 11.9 Å². The van der Waals surface area contributed by atoms with Crippen molar-refractivity contribution in [2.24, 2.45) is 5.92 Å². The van der Waals surface area contributed by atoms with Gasteiger partial charge in [-0.15, -0.1) is 0 Å². The second kappa shape index (κ2) is 7.29. The number of hydrogen-bond donors (Lipinski definition) is 4. The summed E-state index contributed by atoms with van der Waals surface area (Å²) in [6.45, 7) is 0. The van der Waals surface area contributed by atoms with Gasteiger partial charge in [-0.05, 0) is 44.6 Å². The van der Waals surface area contributed by atoms with Crippen molar-refractivity contribution >= 4 is 35.6 Å². The fourth-order valence-corrected chi connectivity index (χ4v) is 3.75. The van der Waals surface area contributed by atoms with E-state index in [0.717, 1.165) is 38.5 Å². The summed E-state index contributed by atoms with van der Waals surface area (Å²) >= 11 is 0. The Labute approximate surface area is 171 Å². The SMILES string of the molecule is N#C[C@H]1CC[C@H](Nc2nc(NC3CC3)n3ncc(/C=C4\NC(=O)NC4=O)c3n2)CC1. The summed E-state index contributed by atoms with van der Waals surface area (Å²) < 4.78 is 1.61. The zero-order valence-electron chi connectivity index (χ0n) is 16.2. The van der Waals surface area contributed by atoms with Crippen LogP contribution in [0.3, 0.4) is 0 Å². The lowest BCUT2D eigenvalue weighted by Crippen LogP contribution is -2.27. The van der Waals surface area contributed by atoms with Crippen molar-refractivity contribution in [3.63, 3.8) is 0 Å². The van der Waals surface area contributed by atoms with Crippen LogP contribution in [0.5, 0.6) is 0 Å². The third-order valence-electron chi connectivity index (χ3n) is 5.57. The topological polar surface area (TPSA) is 149 Å². The van der Waals surface area contributed by atoms with Gasteiger partial charge in [-0.2, -0.15) is 24.8 Å². The van der Waals surface area contributed by atoms with Gasteiger partial charge in [0.15, 0.2) is 5.65 Å². The van der Waals surface area contributed by atoms with Crippen LogP contribution in [0.1, 0.15) is 44.1 Å². The first kappa shape index (κ1) is 18.4. The molecule has 2 saturated carbocycles. The minimum atomic E-state index is -0.552. The molecule has 11 nitrogen and oxygen atoms in total. The summed E-state index contributed by atoms with van der Waals surface area (Å²) in [5.41, 5.74) is 1.28. The van der Waals surface area contributed by atoms with Crippen molar-refractivity contribution in [1.82, 2.24) is 30.2 Å². The van der Waals surface area contributed by atoms with E-state index in [4.69, 9.17) is 5.26 Å². The fourth-order valence-electron chi connectivity index (χ4n) is 3.75. The maximum Gasteiger partial charge on any atom is 0.326 e. The van der Waals surface area contributed by atoms with E-state index >= 15 is 0 Å². The third kappa shape index (κ3) is 3.63. The van der Waals surface area contributed by atoms with Crippen LogP contribution in [-0.2, 0) is 4.79 Å². The van der Waals surface area contributed by atoms with E-state index in [1.165, 1.54) is 0 Å². The number of anilines is 2. The molecule has 3 aliphatic rings. The number of nitrogens with one attached hydrogen (secondary N) is 4. The summed E-state index contributed by atoms with van der Waals surface area (Å²) in [7, 11) is 0. The highest BCUT2D eigenvalue weighted by Crippen LogP contribution is 2.28. The summed E-state index contributed by atoms with van der Waals surface area (Å²) in [4.78, 5) is 32.5. The zero-order valence-corrected chi connectivity index (χ0v) is 16.2. The van der Waals surface area contributed by atoms with Gasteiger partial charge in [-0.3, -0.25) is 10.1 Å². The van der Waals surface area contributed by atoms with Crippen LogP contribution in [0.25, 0.3) is 11.7 Å². The van der Waals surface area contributed by atoms with Crippen LogP contribution in [0.15, 0.2) is 11.9 Å². The van der Waals surface area contributed by atoms with Crippen LogP contribution >= 0.6 is 0 Å². The maximum atomic E-state index is 11.9. The maximum absolute atomic E-state index is 11.9.